The van der Waals surface area contributed by atoms with Crippen molar-refractivity contribution >= 4 is 17.6 Å². The van der Waals surface area contributed by atoms with Gasteiger partial charge in [0.1, 0.15) is 0 Å². The average molecular weight is 441 g/mol. The normalized spacial score (nSPS) is 25.7. The van der Waals surface area contributed by atoms with Crippen molar-refractivity contribution in [1.82, 2.24) is 4.90 Å². The number of rotatable bonds is 5. The summed E-state index contributed by atoms with van der Waals surface area (Å²) in [6, 6.07) is 8.51. The van der Waals surface area contributed by atoms with Gasteiger partial charge in [0.2, 0.25) is 5.91 Å². The van der Waals surface area contributed by atoms with Gasteiger partial charge in [-0.1, -0.05) is 25.1 Å². The Balaban J connectivity index is 1.34. The van der Waals surface area contributed by atoms with Gasteiger partial charge >= 0.3 is 5.97 Å². The van der Waals surface area contributed by atoms with Crippen LogP contribution < -0.4 is 4.90 Å². The molecule has 0 bridgehead atoms. The second-order valence-electron chi connectivity index (χ2n) is 11.4. The molecule has 1 spiro atoms. The summed E-state index contributed by atoms with van der Waals surface area (Å²) in [5.74, 6) is 1.18. The van der Waals surface area contributed by atoms with Gasteiger partial charge in [-0.2, -0.15) is 0 Å². The number of anilines is 1. The highest BCUT2D eigenvalue weighted by Crippen LogP contribution is 2.66. The molecule has 1 heterocycles. The number of hydrogen-bond acceptors (Lipinski definition) is 4. The number of hydrogen-bond donors (Lipinski definition) is 0. The third kappa shape index (κ3) is 4.40. The van der Waals surface area contributed by atoms with E-state index in [4.69, 9.17) is 4.74 Å². The summed E-state index contributed by atoms with van der Waals surface area (Å²) in [7, 11) is 0. The van der Waals surface area contributed by atoms with E-state index in [0.29, 0.717) is 24.3 Å². The Morgan fingerprint density at radius 2 is 1.75 bits per heavy atom. The molecule has 0 radical (unpaired) electrons. The van der Waals surface area contributed by atoms with Gasteiger partial charge in [-0.15, -0.1) is 0 Å². The van der Waals surface area contributed by atoms with Gasteiger partial charge in [0.05, 0.1) is 12.0 Å². The standard InChI is InChI=1S/C27H40N2O3/c1-19-8-6-7-9-23(19)28-14-16-29(17-15-28)24(30)22-11-10-21(27(22)12-13-27)20(2)18-32-25(31)26(3,4)5/h6-9,20-22H,10-18H2,1-5H3. The maximum atomic E-state index is 13.6. The van der Waals surface area contributed by atoms with Gasteiger partial charge in [-0.3, -0.25) is 9.59 Å². The van der Waals surface area contributed by atoms with Crippen molar-refractivity contribution < 1.29 is 14.3 Å². The minimum Gasteiger partial charge on any atom is -0.465 e. The zero-order chi connectivity index (χ0) is 23.1. The van der Waals surface area contributed by atoms with Crippen molar-refractivity contribution in [3.8, 4) is 0 Å². The summed E-state index contributed by atoms with van der Waals surface area (Å²) >= 11 is 0. The largest absolute Gasteiger partial charge is 0.465 e. The van der Waals surface area contributed by atoms with Crippen LogP contribution in [-0.2, 0) is 14.3 Å². The monoisotopic (exact) mass is 440 g/mol. The van der Waals surface area contributed by atoms with E-state index in [-0.39, 0.29) is 17.3 Å². The molecule has 176 valence electrons. The summed E-state index contributed by atoms with van der Waals surface area (Å²) in [4.78, 5) is 30.3. The van der Waals surface area contributed by atoms with E-state index >= 15 is 0 Å². The van der Waals surface area contributed by atoms with E-state index in [2.05, 4.69) is 47.9 Å². The Hall–Kier alpha value is -2.04. The maximum Gasteiger partial charge on any atom is 0.311 e. The summed E-state index contributed by atoms with van der Waals surface area (Å²) in [6.07, 6.45) is 4.36. The van der Waals surface area contributed by atoms with Crippen LogP contribution in [0.25, 0.3) is 0 Å². The molecule has 4 rings (SSSR count). The molecule has 0 N–H and O–H groups in total. The molecular formula is C27H40N2O3. The van der Waals surface area contributed by atoms with Crippen LogP contribution in [0.2, 0.25) is 0 Å². The predicted molar refractivity (Wildman–Crippen MR) is 127 cm³/mol. The number of amides is 1. The molecule has 1 saturated heterocycles. The first-order chi connectivity index (χ1) is 15.1. The van der Waals surface area contributed by atoms with Gasteiger partial charge < -0.3 is 14.5 Å². The molecule has 1 amide bonds. The summed E-state index contributed by atoms with van der Waals surface area (Å²) in [5, 5.41) is 0. The molecule has 32 heavy (non-hydrogen) atoms. The highest BCUT2D eigenvalue weighted by Gasteiger charge is 2.62. The Labute approximate surface area is 193 Å². The van der Waals surface area contributed by atoms with E-state index in [9.17, 15) is 9.59 Å². The Morgan fingerprint density at radius 1 is 1.09 bits per heavy atom. The fraction of sp³-hybridized carbons (Fsp3) is 0.704. The number of aryl methyl sites for hydroxylation is 1. The summed E-state index contributed by atoms with van der Waals surface area (Å²) in [6.45, 7) is 13.9. The van der Waals surface area contributed by atoms with Gasteiger partial charge in [0.25, 0.3) is 0 Å². The molecule has 5 heteroatoms. The number of carbonyl (C=O) groups excluding carboxylic acids is 2. The first kappa shape index (κ1) is 23.1. The van der Waals surface area contributed by atoms with Crippen LogP contribution in [0.15, 0.2) is 24.3 Å². The first-order valence-electron chi connectivity index (χ1n) is 12.4. The number of carbonyl (C=O) groups is 2. The Bertz CT molecular complexity index is 847. The second kappa shape index (κ2) is 8.72. The first-order valence-corrected chi connectivity index (χ1v) is 12.4. The molecule has 1 aliphatic heterocycles. The summed E-state index contributed by atoms with van der Waals surface area (Å²) < 4.78 is 5.64. The smallest absolute Gasteiger partial charge is 0.311 e. The topological polar surface area (TPSA) is 49.9 Å². The lowest BCUT2D eigenvalue weighted by molar-refractivity contribution is -0.155. The van der Waals surface area contributed by atoms with Gasteiger partial charge in [-0.05, 0) is 82.3 Å². The number of nitrogens with zero attached hydrogens (tertiary/aromatic N) is 2. The molecule has 2 aliphatic carbocycles. The molecule has 0 aromatic heterocycles. The molecule has 3 atom stereocenters. The lowest BCUT2D eigenvalue weighted by Crippen LogP contribution is -2.51. The van der Waals surface area contributed by atoms with Crippen LogP contribution in [0.5, 0.6) is 0 Å². The highest BCUT2D eigenvalue weighted by atomic mass is 16.5. The number of piperazine rings is 1. The molecule has 3 unspecified atom stereocenters. The maximum absolute atomic E-state index is 13.6. The summed E-state index contributed by atoms with van der Waals surface area (Å²) in [5.41, 5.74) is 2.27. The molecule has 3 aliphatic rings. The molecule has 3 fully saturated rings. The van der Waals surface area contributed by atoms with Crippen molar-refractivity contribution in [2.45, 2.75) is 60.3 Å². The van der Waals surface area contributed by atoms with E-state index in [0.717, 1.165) is 51.9 Å². The third-order valence-electron chi connectivity index (χ3n) is 8.15. The molecule has 2 saturated carbocycles. The molecule has 1 aromatic carbocycles. The lowest BCUT2D eigenvalue weighted by Gasteiger charge is -2.39. The van der Waals surface area contributed by atoms with Crippen molar-refractivity contribution in [3.63, 3.8) is 0 Å². The second-order valence-corrected chi connectivity index (χ2v) is 11.4. The minimum atomic E-state index is -0.467. The third-order valence-corrected chi connectivity index (χ3v) is 8.15. The highest BCUT2D eigenvalue weighted by molar-refractivity contribution is 5.81. The van der Waals surface area contributed by atoms with Crippen LogP contribution in [-0.4, -0.2) is 49.6 Å². The van der Waals surface area contributed by atoms with E-state index in [1.807, 2.05) is 20.8 Å². The van der Waals surface area contributed by atoms with Gasteiger partial charge in [0, 0.05) is 37.8 Å². The molecule has 5 nitrogen and oxygen atoms in total. The number of ether oxygens (including phenoxy) is 1. The van der Waals surface area contributed by atoms with Crippen molar-refractivity contribution in [2.24, 2.45) is 28.6 Å². The number of benzene rings is 1. The van der Waals surface area contributed by atoms with Crippen LogP contribution in [0, 0.1) is 35.5 Å². The fourth-order valence-electron chi connectivity index (χ4n) is 6.11. The van der Waals surface area contributed by atoms with Crippen LogP contribution in [0.1, 0.15) is 58.9 Å². The Morgan fingerprint density at radius 3 is 2.34 bits per heavy atom. The van der Waals surface area contributed by atoms with Crippen LogP contribution in [0.3, 0.4) is 0 Å². The molecular weight excluding hydrogens is 400 g/mol. The number of esters is 1. The number of para-hydroxylation sites is 1. The fourth-order valence-corrected chi connectivity index (χ4v) is 6.11. The van der Waals surface area contributed by atoms with Gasteiger partial charge in [-0.25, -0.2) is 0 Å². The molecule has 1 aromatic rings. The average Bonchev–Trinajstić information content (AvgIpc) is 3.45. The van der Waals surface area contributed by atoms with Crippen molar-refractivity contribution in [1.29, 1.82) is 0 Å². The van der Waals surface area contributed by atoms with Crippen LogP contribution >= 0.6 is 0 Å². The predicted octanol–water partition coefficient (Wildman–Crippen LogP) is 4.68. The van der Waals surface area contributed by atoms with E-state index in [1.165, 1.54) is 11.3 Å². The van der Waals surface area contributed by atoms with Gasteiger partial charge in [0.15, 0.2) is 0 Å². The quantitative estimate of drug-likeness (QED) is 0.624. The lowest BCUT2D eigenvalue weighted by atomic mass is 9.78. The van der Waals surface area contributed by atoms with E-state index < -0.39 is 5.41 Å². The zero-order valence-electron chi connectivity index (χ0n) is 20.5. The Kier molecular flexibility index (Phi) is 6.30. The SMILES string of the molecule is Cc1ccccc1N1CCN(C(=O)C2CCC(C(C)COC(=O)C(C)(C)C)C23CC3)CC1. The van der Waals surface area contributed by atoms with Crippen molar-refractivity contribution in [2.75, 3.05) is 37.7 Å². The van der Waals surface area contributed by atoms with Crippen LogP contribution in [0.4, 0.5) is 5.69 Å². The van der Waals surface area contributed by atoms with E-state index in [1.54, 1.807) is 0 Å². The van der Waals surface area contributed by atoms with Crippen molar-refractivity contribution in [3.05, 3.63) is 29.8 Å². The zero-order valence-corrected chi connectivity index (χ0v) is 20.5. The minimum absolute atomic E-state index is 0.133.